The number of carbonyl (C=O) groups excluding carboxylic acids is 1. The van der Waals surface area contributed by atoms with E-state index in [-0.39, 0.29) is 30.1 Å². The molecule has 0 amide bonds. The minimum Gasteiger partial charge on any atom is -0.507 e. The number of benzene rings is 1. The average molecular weight is 223 g/mol. The predicted octanol–water partition coefficient (Wildman–Crippen LogP) is 0.695. The Kier molecular flexibility index (Phi) is 2.96. The quantitative estimate of drug-likeness (QED) is 0.737. The molecule has 1 heterocycles. The van der Waals surface area contributed by atoms with Crippen LogP contribution in [0.5, 0.6) is 17.2 Å². The maximum atomic E-state index is 11.6. The van der Waals surface area contributed by atoms with Crippen LogP contribution in [0.4, 0.5) is 0 Å². The molecule has 0 radical (unpaired) electrons. The minimum absolute atomic E-state index is 0.0947. The topological polar surface area (TPSA) is 81.8 Å². The van der Waals surface area contributed by atoms with Gasteiger partial charge in [0, 0.05) is 12.5 Å². The van der Waals surface area contributed by atoms with Gasteiger partial charge in [-0.3, -0.25) is 4.79 Å². The van der Waals surface area contributed by atoms with Gasteiger partial charge in [-0.2, -0.15) is 0 Å². The van der Waals surface area contributed by atoms with Gasteiger partial charge >= 0.3 is 0 Å². The molecule has 0 fully saturated rings. The number of rotatable bonds is 3. The summed E-state index contributed by atoms with van der Waals surface area (Å²) in [6.07, 6.45) is 0.202. The van der Waals surface area contributed by atoms with E-state index in [4.69, 9.17) is 15.2 Å². The number of phenols is 1. The van der Waals surface area contributed by atoms with Gasteiger partial charge in [-0.25, -0.2) is 0 Å². The number of Topliss-reactive ketones (excluding diaryl/α,β-unsaturated/α-hetero) is 1. The summed E-state index contributed by atoms with van der Waals surface area (Å²) in [6.45, 7) is 1.15. The number of aromatic hydroxyl groups is 1. The molecule has 0 spiro atoms. The van der Waals surface area contributed by atoms with Crippen molar-refractivity contribution >= 4 is 5.78 Å². The molecule has 0 bridgehead atoms. The lowest BCUT2D eigenvalue weighted by molar-refractivity contribution is 0.0981. The molecule has 16 heavy (non-hydrogen) atoms. The Balaban J connectivity index is 2.35. The summed E-state index contributed by atoms with van der Waals surface area (Å²) in [5.74, 6) is 0.664. The highest BCUT2D eigenvalue weighted by molar-refractivity contribution is 5.99. The summed E-state index contributed by atoms with van der Waals surface area (Å²) < 4.78 is 10.6. The molecule has 1 aromatic carbocycles. The molecule has 0 atom stereocenters. The highest BCUT2D eigenvalue weighted by Crippen LogP contribution is 2.36. The van der Waals surface area contributed by atoms with E-state index < -0.39 is 0 Å². The molecule has 1 aliphatic heterocycles. The zero-order chi connectivity index (χ0) is 11.5. The van der Waals surface area contributed by atoms with Crippen LogP contribution in [0, 0.1) is 0 Å². The van der Waals surface area contributed by atoms with Gasteiger partial charge in [0.15, 0.2) is 17.3 Å². The summed E-state index contributed by atoms with van der Waals surface area (Å²) in [4.78, 5) is 11.6. The van der Waals surface area contributed by atoms with Crippen molar-refractivity contribution in [3.05, 3.63) is 17.7 Å². The standard InChI is InChI=1S/C11H13NO4/c12-2-1-8(13)7-5-10-11(6-9(7)14)16-4-3-15-10/h5-6,14H,1-4,12H2. The molecule has 86 valence electrons. The van der Waals surface area contributed by atoms with Crippen molar-refractivity contribution < 1.29 is 19.4 Å². The molecule has 0 unspecified atom stereocenters. The van der Waals surface area contributed by atoms with Crippen LogP contribution in [0.15, 0.2) is 12.1 Å². The van der Waals surface area contributed by atoms with Crippen molar-refractivity contribution in [1.82, 2.24) is 0 Å². The van der Waals surface area contributed by atoms with Gasteiger partial charge in [0.25, 0.3) is 0 Å². The van der Waals surface area contributed by atoms with Crippen LogP contribution in [0.25, 0.3) is 0 Å². The Morgan fingerprint density at radius 1 is 1.31 bits per heavy atom. The molecule has 5 nitrogen and oxygen atoms in total. The monoisotopic (exact) mass is 223 g/mol. The molecular weight excluding hydrogens is 210 g/mol. The number of fused-ring (bicyclic) bond motifs is 1. The molecule has 3 N–H and O–H groups in total. The van der Waals surface area contributed by atoms with Gasteiger partial charge in [-0.1, -0.05) is 0 Å². The third-order valence-electron chi connectivity index (χ3n) is 2.33. The van der Waals surface area contributed by atoms with Crippen molar-refractivity contribution in [2.75, 3.05) is 19.8 Å². The van der Waals surface area contributed by atoms with Crippen molar-refractivity contribution in [2.24, 2.45) is 5.73 Å². The van der Waals surface area contributed by atoms with E-state index in [1.54, 1.807) is 0 Å². The third kappa shape index (κ3) is 1.94. The Morgan fingerprint density at radius 3 is 2.56 bits per heavy atom. The summed E-state index contributed by atoms with van der Waals surface area (Å²) >= 11 is 0. The molecule has 1 aromatic rings. The van der Waals surface area contributed by atoms with Crippen LogP contribution in [-0.2, 0) is 0 Å². The minimum atomic E-state index is -0.197. The second kappa shape index (κ2) is 4.40. The van der Waals surface area contributed by atoms with Crippen molar-refractivity contribution in [2.45, 2.75) is 6.42 Å². The Bertz CT molecular complexity index is 417. The van der Waals surface area contributed by atoms with E-state index in [0.717, 1.165) is 0 Å². The van der Waals surface area contributed by atoms with Gasteiger partial charge in [-0.05, 0) is 12.6 Å². The number of hydrogen-bond donors (Lipinski definition) is 2. The van der Waals surface area contributed by atoms with E-state index >= 15 is 0 Å². The first-order chi connectivity index (χ1) is 7.72. The number of hydrogen-bond acceptors (Lipinski definition) is 5. The Hall–Kier alpha value is -1.75. The zero-order valence-electron chi connectivity index (χ0n) is 8.73. The number of nitrogens with two attached hydrogens (primary N) is 1. The SMILES string of the molecule is NCCC(=O)c1cc2c(cc1O)OCCO2. The Morgan fingerprint density at radius 2 is 1.94 bits per heavy atom. The van der Waals surface area contributed by atoms with Gasteiger partial charge in [0.1, 0.15) is 19.0 Å². The van der Waals surface area contributed by atoms with E-state index in [2.05, 4.69) is 0 Å². The smallest absolute Gasteiger partial charge is 0.167 e. The summed E-state index contributed by atoms with van der Waals surface area (Å²) in [5.41, 5.74) is 5.53. The van der Waals surface area contributed by atoms with Crippen LogP contribution in [0.2, 0.25) is 0 Å². The first kappa shape index (κ1) is 10.8. The predicted molar refractivity (Wildman–Crippen MR) is 57.1 cm³/mol. The maximum Gasteiger partial charge on any atom is 0.167 e. The van der Waals surface area contributed by atoms with Crippen molar-refractivity contribution in [1.29, 1.82) is 0 Å². The van der Waals surface area contributed by atoms with Crippen molar-refractivity contribution in [3.8, 4) is 17.2 Å². The first-order valence-corrected chi connectivity index (χ1v) is 5.08. The van der Waals surface area contributed by atoms with Gasteiger partial charge < -0.3 is 20.3 Å². The highest BCUT2D eigenvalue weighted by Gasteiger charge is 2.18. The van der Waals surface area contributed by atoms with E-state index in [1.165, 1.54) is 12.1 Å². The molecule has 1 aliphatic rings. The molecule has 0 saturated carbocycles. The third-order valence-corrected chi connectivity index (χ3v) is 2.33. The fraction of sp³-hybridized carbons (Fsp3) is 0.364. The molecule has 2 rings (SSSR count). The lowest BCUT2D eigenvalue weighted by atomic mass is 10.1. The van der Waals surface area contributed by atoms with Crippen LogP contribution in [0.3, 0.4) is 0 Å². The number of carbonyl (C=O) groups is 1. The maximum absolute atomic E-state index is 11.6. The van der Waals surface area contributed by atoms with E-state index in [0.29, 0.717) is 24.7 Å². The van der Waals surface area contributed by atoms with Crippen LogP contribution < -0.4 is 15.2 Å². The molecule has 5 heteroatoms. The summed E-state index contributed by atoms with van der Waals surface area (Å²) in [6, 6.07) is 2.90. The molecule has 0 saturated heterocycles. The second-order valence-corrected chi connectivity index (χ2v) is 3.47. The summed E-state index contributed by atoms with van der Waals surface area (Å²) in [7, 11) is 0. The fourth-order valence-corrected chi connectivity index (χ4v) is 1.57. The van der Waals surface area contributed by atoms with Crippen LogP contribution in [0.1, 0.15) is 16.8 Å². The molecular formula is C11H13NO4. The normalized spacial score (nSPS) is 13.6. The second-order valence-electron chi connectivity index (χ2n) is 3.47. The molecule has 0 aliphatic carbocycles. The number of ketones is 1. The van der Waals surface area contributed by atoms with Gasteiger partial charge in [-0.15, -0.1) is 0 Å². The number of ether oxygens (including phenoxy) is 2. The van der Waals surface area contributed by atoms with E-state index in [1.807, 2.05) is 0 Å². The average Bonchev–Trinajstić information content (AvgIpc) is 2.28. The van der Waals surface area contributed by atoms with Gasteiger partial charge in [0.05, 0.1) is 5.56 Å². The summed E-state index contributed by atoms with van der Waals surface area (Å²) in [5, 5.41) is 9.67. The lowest BCUT2D eigenvalue weighted by Gasteiger charge is -2.19. The van der Waals surface area contributed by atoms with Gasteiger partial charge in [0.2, 0.25) is 0 Å². The fourth-order valence-electron chi connectivity index (χ4n) is 1.57. The highest BCUT2D eigenvalue weighted by atomic mass is 16.6. The Labute approximate surface area is 92.8 Å². The molecule has 0 aromatic heterocycles. The van der Waals surface area contributed by atoms with Crippen molar-refractivity contribution in [3.63, 3.8) is 0 Å². The number of phenolic OH excluding ortho intramolecular Hbond substituents is 1. The van der Waals surface area contributed by atoms with E-state index in [9.17, 15) is 9.90 Å². The largest absolute Gasteiger partial charge is 0.507 e. The van der Waals surface area contributed by atoms with Crippen LogP contribution in [-0.4, -0.2) is 30.6 Å². The first-order valence-electron chi connectivity index (χ1n) is 5.08. The zero-order valence-corrected chi connectivity index (χ0v) is 8.73. The lowest BCUT2D eigenvalue weighted by Crippen LogP contribution is -2.16. The van der Waals surface area contributed by atoms with Crippen LogP contribution >= 0.6 is 0 Å².